The minimum atomic E-state index is -0.748. The minimum Gasteiger partial charge on any atom is -0.481 e. The normalized spacial score (nSPS) is 50.1. The van der Waals surface area contributed by atoms with Crippen LogP contribution in [0.5, 0.6) is 0 Å². The fraction of sp³-hybridized carbons (Fsp3) is 0.961. The van der Waals surface area contributed by atoms with Crippen molar-refractivity contribution in [2.24, 2.45) is 244 Å². The lowest BCUT2D eigenvalue weighted by Gasteiger charge is -2.63. The molecule has 19 saturated carbocycles. The number of hydrogen-bond acceptors (Lipinski definition) is 12. The topological polar surface area (TPSA) is 294 Å². The molecule has 20 aliphatic carbocycles. The smallest absolute Gasteiger partial charge is 0.303 e. The van der Waals surface area contributed by atoms with Gasteiger partial charge in [0, 0.05) is 19.3 Å². The van der Waals surface area contributed by atoms with Crippen LogP contribution in [0.1, 0.15) is 472 Å². The van der Waals surface area contributed by atoms with Crippen molar-refractivity contribution < 1.29 is 75.7 Å². The number of rotatable bonds is 23. The summed E-state index contributed by atoms with van der Waals surface area (Å²) in [4.78, 5) is 33.2. The molecule has 20 aliphatic rings. The van der Waals surface area contributed by atoms with Gasteiger partial charge in [0.15, 0.2) is 0 Å². The number of fused-ring (bicyclic) bond motifs is 25. The van der Waals surface area contributed by atoms with E-state index in [2.05, 4.69) is 145 Å². The molecule has 19 fully saturated rings. The molecule has 0 heterocycles. The predicted octanol–water partition coefficient (Wildman–Crippen LogP) is 27.9. The van der Waals surface area contributed by atoms with E-state index in [9.17, 15) is 60.3 Å². The Kier molecular flexibility index (Phi) is 35.3. The van der Waals surface area contributed by atoms with Gasteiger partial charge in [-0.1, -0.05) is 182 Å². The highest BCUT2D eigenvalue weighted by Gasteiger charge is 2.71. The van der Waals surface area contributed by atoms with Crippen LogP contribution in [0.15, 0.2) is 11.6 Å². The average molecular weight is 2000 g/mol. The monoisotopic (exact) mass is 2000 g/mol. The molecule has 0 saturated heterocycles. The Hall–Kier alpha value is -2.21. The maximum atomic E-state index is 11.6. The van der Waals surface area contributed by atoms with Gasteiger partial charge in [0.2, 0.25) is 0 Å². The first kappa shape index (κ1) is 113. The van der Waals surface area contributed by atoms with Crippen molar-refractivity contribution in [2.45, 2.75) is 527 Å². The number of aliphatic carboxylic acids is 3. The summed E-state index contributed by atoms with van der Waals surface area (Å²) in [7, 11) is 0. The molecular formula is C128H218O15. The van der Waals surface area contributed by atoms with Gasteiger partial charge in [-0.2, -0.15) is 0 Å². The van der Waals surface area contributed by atoms with Gasteiger partial charge in [0.25, 0.3) is 0 Å². The molecule has 12 N–H and O–H groups in total. The molecule has 49 atom stereocenters. The van der Waals surface area contributed by atoms with Crippen molar-refractivity contribution in [3.8, 4) is 0 Å². The zero-order valence-electron chi connectivity index (χ0n) is 94.6. The van der Waals surface area contributed by atoms with Crippen LogP contribution in [-0.2, 0) is 14.4 Å². The van der Waals surface area contributed by atoms with E-state index < -0.39 is 24.0 Å². The average Bonchev–Trinajstić information content (AvgIpc) is 1.51. The van der Waals surface area contributed by atoms with Crippen molar-refractivity contribution in [1.29, 1.82) is 0 Å². The van der Waals surface area contributed by atoms with Crippen LogP contribution < -0.4 is 0 Å². The number of carboxylic acid groups (broad SMARTS) is 3. The van der Waals surface area contributed by atoms with E-state index in [1.54, 1.807) is 5.57 Å². The number of allylic oxidation sites excluding steroid dienone is 1. The van der Waals surface area contributed by atoms with Gasteiger partial charge in [-0.15, -0.1) is 0 Å². The van der Waals surface area contributed by atoms with Crippen LogP contribution in [0.3, 0.4) is 0 Å². The Morgan fingerprint density at radius 3 is 1.14 bits per heavy atom. The lowest BCUT2D eigenvalue weighted by atomic mass is 9.43. The Balaban J connectivity index is 0.000000128. The summed E-state index contributed by atoms with van der Waals surface area (Å²) in [5, 5.41) is 124. The van der Waals surface area contributed by atoms with Crippen molar-refractivity contribution in [3.63, 3.8) is 0 Å². The summed E-state index contributed by atoms with van der Waals surface area (Å²) >= 11 is 0. The summed E-state index contributed by atoms with van der Waals surface area (Å²) in [6.07, 6.45) is 58.1. The zero-order valence-corrected chi connectivity index (χ0v) is 94.6. The SMILES string of the molecule is CC(C)CCCC(C)C1CCC2C3CCC4C[C@H](O)CCC4(C)C3C[C@H](O)C12C.CC(CCC(=O)O)C1CCC2C3C(CCC12C)C1(C)CC[C@@H](O)CC1C[C@H]3O.CC(CCC(=O)O)C1CCC2C3CCC4C[C@H](O)CCC4(C)C3CCC12C.CC[C@H](CC[C@@H](C)[C@H]1CC[C@H]2[C@@H]3CC=C4C[C@@H](O)CC[C@]4(C)[C@H]3CC[C@]12C)C(C)C.C[C@H](CCC(=O)O)[C@H]1CC[C@H]2[C@@H]3[C@H](O)C[C@@H]4C[C@H](O)CC[C@]4(C)[C@H]3C[C@H](O)[C@]12C. The van der Waals surface area contributed by atoms with Crippen molar-refractivity contribution in [3.05, 3.63) is 11.6 Å². The van der Waals surface area contributed by atoms with Crippen LogP contribution in [-0.4, -0.2) is 134 Å². The molecule has 0 spiro atoms. The van der Waals surface area contributed by atoms with Crippen molar-refractivity contribution >= 4 is 17.9 Å². The molecular weight excluding hydrogens is 1780 g/mol. The highest BCUT2D eigenvalue weighted by Crippen LogP contribution is 2.76. The van der Waals surface area contributed by atoms with E-state index in [4.69, 9.17) is 15.3 Å². The first-order chi connectivity index (χ1) is 67.4. The molecule has 0 aromatic carbocycles. The summed E-state index contributed by atoms with van der Waals surface area (Å²) < 4.78 is 0. The second-order valence-electron chi connectivity index (χ2n) is 59.6. The third kappa shape index (κ3) is 21.2. The zero-order chi connectivity index (χ0) is 103. The summed E-state index contributed by atoms with van der Waals surface area (Å²) in [6, 6.07) is 0. The van der Waals surface area contributed by atoms with Crippen LogP contribution in [0.2, 0.25) is 0 Å². The molecule has 0 radical (unpaired) electrons. The number of carbonyl (C=O) groups is 3. The third-order valence-corrected chi connectivity index (χ3v) is 53.0. The summed E-state index contributed by atoms with van der Waals surface area (Å²) in [5.41, 5.74) is 4.33. The van der Waals surface area contributed by atoms with E-state index in [0.717, 1.165) is 217 Å². The lowest BCUT2D eigenvalue weighted by Crippen LogP contribution is -2.62. The molecule has 0 bridgehead atoms. The number of hydrogen-bond donors (Lipinski definition) is 12. The predicted molar refractivity (Wildman–Crippen MR) is 575 cm³/mol. The van der Waals surface area contributed by atoms with E-state index in [-0.39, 0.29) is 101 Å². The number of aliphatic hydroxyl groups excluding tert-OH is 9. The number of carboxylic acids is 3. The molecule has 15 nitrogen and oxygen atoms in total. The fourth-order valence-electron chi connectivity index (χ4n) is 44.7. The summed E-state index contributed by atoms with van der Waals surface area (Å²) in [6.45, 7) is 48.6. The van der Waals surface area contributed by atoms with Crippen LogP contribution >= 0.6 is 0 Å². The van der Waals surface area contributed by atoms with Crippen molar-refractivity contribution in [2.75, 3.05) is 0 Å². The van der Waals surface area contributed by atoms with Gasteiger partial charge in [-0.05, 0) is 526 Å². The number of aliphatic hydroxyl groups is 9. The molecule has 20 rings (SSSR count). The van der Waals surface area contributed by atoms with Crippen LogP contribution in [0, 0.1) is 244 Å². The Morgan fingerprint density at radius 1 is 0.308 bits per heavy atom. The Labute approximate surface area is 870 Å². The minimum absolute atomic E-state index is 0.0561. The molecule has 820 valence electrons. The van der Waals surface area contributed by atoms with E-state index >= 15 is 0 Å². The molecule has 143 heavy (non-hydrogen) atoms. The standard InChI is InChI=1S/C29H50O.C27H48O2.C24H40O5.C24H40O4.C24H40O3/c1-7-21(19(2)3)9-8-20(4)25-12-13-26-24-11-10-22-18-23(30)14-16-28(22,5)27(24)15-17-29(25,26)6;1-17(2)7-6-8-18(3)22-11-12-23-21-10-9-19-15-20(28)13-14-26(19,4)24(21)16-25(29)27(22,23)5;1-13(4-7-21(28)29)16-5-6-17-22-18(12-20(27)24(16,17)3)23(2)9-8-15(25)10-14(23)11-19(22)26;1-14(4-7-21(27)28)17-5-6-18-22-19(9-11-24(17,18)3)23(2)10-8-16(25)12-15(23)13-20(22)26;1-15(4-9-22(26)27)19-7-8-20-18-6-5-16-14-17(25)10-12-23(16,2)21(18)11-13-24(19,20)3/h10,19-21,23-27,30H,7-9,11-18H2,1-6H3;17-25,28-29H,6-16H2,1-5H3;13-20,22,25-27H,4-12H2,1-3H3,(H,28,29);14-20,22,25-26H,4-13H2,1-3H3,(H,27,28);15-21,25H,4-14H2,1-3H3,(H,26,27)/t20-,21-,23+,24+,25-,26+,27+,28+,29-;18?,19?,20-,21?,22?,23?,24?,25+,26?,27?;13-,14+,15-,16-,17+,18+,19-,20+,22+,23+,24-;14?,15?,16-,17?,18?,19?,20-,22?,23?,24?;15?,16?,17-,18?,19?,20?,21?,23?,24?/m11111/s1. The van der Waals surface area contributed by atoms with Crippen molar-refractivity contribution in [1.82, 2.24) is 0 Å². The second-order valence-corrected chi connectivity index (χ2v) is 59.6. The van der Waals surface area contributed by atoms with Gasteiger partial charge in [0.05, 0.1) is 54.9 Å². The first-order valence-corrected chi connectivity index (χ1v) is 61.9. The van der Waals surface area contributed by atoms with E-state index in [1.807, 2.05) is 0 Å². The largest absolute Gasteiger partial charge is 0.481 e. The van der Waals surface area contributed by atoms with Gasteiger partial charge < -0.3 is 61.3 Å². The maximum Gasteiger partial charge on any atom is 0.303 e. The highest BCUT2D eigenvalue weighted by atomic mass is 16.4. The van der Waals surface area contributed by atoms with Crippen LogP contribution in [0.4, 0.5) is 0 Å². The molecule has 0 aromatic rings. The maximum absolute atomic E-state index is 11.6. The van der Waals surface area contributed by atoms with Crippen LogP contribution in [0.25, 0.3) is 0 Å². The third-order valence-electron chi connectivity index (χ3n) is 53.0. The molecule has 0 aromatic heterocycles. The molecule has 15 heteroatoms. The Morgan fingerprint density at radius 2 is 0.657 bits per heavy atom. The lowest BCUT2D eigenvalue weighted by molar-refractivity contribution is -0.207. The Bertz CT molecular complexity index is 4240. The van der Waals surface area contributed by atoms with Gasteiger partial charge in [0.1, 0.15) is 0 Å². The van der Waals surface area contributed by atoms with Gasteiger partial charge in [-0.25, -0.2) is 0 Å². The second kappa shape index (κ2) is 44.6. The molecule has 0 aliphatic heterocycles. The summed E-state index contributed by atoms with van der Waals surface area (Å²) in [5.74, 6) is 18.7. The molecule has 24 unspecified atom stereocenters. The van der Waals surface area contributed by atoms with Gasteiger partial charge >= 0.3 is 17.9 Å². The van der Waals surface area contributed by atoms with E-state index in [1.165, 1.54) is 180 Å². The van der Waals surface area contributed by atoms with E-state index in [0.29, 0.717) is 129 Å². The van der Waals surface area contributed by atoms with Gasteiger partial charge in [-0.3, -0.25) is 14.4 Å². The quantitative estimate of drug-likeness (QED) is 0.0424. The fourth-order valence-corrected chi connectivity index (χ4v) is 44.7. The highest BCUT2D eigenvalue weighted by molar-refractivity contribution is 5.67. The molecule has 0 amide bonds. The first-order valence-electron chi connectivity index (χ1n) is 61.9.